The molecule has 2 aromatic carbocycles. The number of hydrogen-bond donors (Lipinski definition) is 1. The first-order valence-electron chi connectivity index (χ1n) is 5.39. The molecule has 0 amide bonds. The van der Waals surface area contributed by atoms with E-state index in [2.05, 4.69) is 0 Å². The molecule has 0 unspecified atom stereocenters. The zero-order valence-corrected chi connectivity index (χ0v) is 10.6. The van der Waals surface area contributed by atoms with E-state index in [0.29, 0.717) is 0 Å². The lowest BCUT2D eigenvalue weighted by molar-refractivity contribution is 0.0697. The topological polar surface area (TPSA) is 37.3 Å². The van der Waals surface area contributed by atoms with E-state index in [1.165, 1.54) is 31.2 Å². The molecule has 0 saturated carbocycles. The highest BCUT2D eigenvalue weighted by Gasteiger charge is 2.17. The molecule has 0 aliphatic heterocycles. The van der Waals surface area contributed by atoms with Crippen LogP contribution < -0.4 is 0 Å². The number of benzene rings is 2. The first-order valence-corrected chi connectivity index (χ1v) is 5.77. The zero-order chi connectivity index (χ0) is 14.2. The quantitative estimate of drug-likeness (QED) is 0.892. The fourth-order valence-corrected chi connectivity index (χ4v) is 2.03. The van der Waals surface area contributed by atoms with Crippen LogP contribution in [0.1, 0.15) is 15.9 Å². The average Bonchev–Trinajstić information content (AvgIpc) is 2.36. The minimum Gasteiger partial charge on any atom is -0.478 e. The number of halogens is 3. The van der Waals surface area contributed by atoms with Crippen molar-refractivity contribution < 1.29 is 18.7 Å². The first kappa shape index (κ1) is 13.5. The summed E-state index contributed by atoms with van der Waals surface area (Å²) in [6, 6.07) is 6.20. The third-order valence-electron chi connectivity index (χ3n) is 2.77. The Bertz CT molecular complexity index is 669. The maximum absolute atomic E-state index is 14.0. The van der Waals surface area contributed by atoms with Gasteiger partial charge in [-0.3, -0.25) is 0 Å². The van der Waals surface area contributed by atoms with Crippen molar-refractivity contribution in [2.75, 3.05) is 0 Å². The highest BCUT2D eigenvalue weighted by Crippen LogP contribution is 2.33. The minimum atomic E-state index is -1.15. The lowest BCUT2D eigenvalue weighted by atomic mass is 10.0. The monoisotopic (exact) mass is 282 g/mol. The van der Waals surface area contributed by atoms with Crippen molar-refractivity contribution in [2.24, 2.45) is 0 Å². The van der Waals surface area contributed by atoms with Gasteiger partial charge >= 0.3 is 5.97 Å². The molecule has 0 aromatic heterocycles. The highest BCUT2D eigenvalue weighted by molar-refractivity contribution is 6.33. The SMILES string of the molecule is Cc1ccc(F)c(-c2ccc(C(=O)O)cc2Cl)c1F. The molecule has 1 N–H and O–H groups in total. The van der Waals surface area contributed by atoms with Crippen LogP contribution in [0.3, 0.4) is 0 Å². The molecule has 0 bridgehead atoms. The van der Waals surface area contributed by atoms with Crippen molar-refractivity contribution in [3.05, 3.63) is 58.1 Å². The lowest BCUT2D eigenvalue weighted by Gasteiger charge is -2.10. The summed E-state index contributed by atoms with van der Waals surface area (Å²) < 4.78 is 27.7. The number of carboxylic acid groups (broad SMARTS) is 1. The Labute approximate surface area is 113 Å². The Morgan fingerprint density at radius 1 is 1.21 bits per heavy atom. The predicted molar refractivity (Wildman–Crippen MR) is 68.5 cm³/mol. The number of aromatic carboxylic acids is 1. The fraction of sp³-hybridized carbons (Fsp3) is 0.0714. The summed E-state index contributed by atoms with van der Waals surface area (Å²) in [4.78, 5) is 10.8. The molecular weight excluding hydrogens is 274 g/mol. The second-order valence-corrected chi connectivity index (χ2v) is 4.46. The van der Waals surface area contributed by atoms with Gasteiger partial charge in [-0.1, -0.05) is 23.7 Å². The third-order valence-corrected chi connectivity index (χ3v) is 3.08. The van der Waals surface area contributed by atoms with Gasteiger partial charge in [0, 0.05) is 10.6 Å². The van der Waals surface area contributed by atoms with Crippen molar-refractivity contribution in [2.45, 2.75) is 6.92 Å². The van der Waals surface area contributed by atoms with Gasteiger partial charge in [0.05, 0.1) is 11.1 Å². The van der Waals surface area contributed by atoms with E-state index in [1.807, 2.05) is 0 Å². The van der Waals surface area contributed by atoms with E-state index in [0.717, 1.165) is 6.07 Å². The Hall–Kier alpha value is -1.94. The standard InChI is InChI=1S/C14H9ClF2O2/c1-7-2-5-11(16)12(13(7)17)9-4-3-8(14(18)19)6-10(9)15/h2-6H,1H3,(H,18,19). The summed E-state index contributed by atoms with van der Waals surface area (Å²) in [6.07, 6.45) is 0. The van der Waals surface area contributed by atoms with E-state index < -0.39 is 17.6 Å². The van der Waals surface area contributed by atoms with Crippen molar-refractivity contribution in [3.8, 4) is 11.1 Å². The molecule has 5 heteroatoms. The van der Waals surface area contributed by atoms with Crippen LogP contribution >= 0.6 is 11.6 Å². The van der Waals surface area contributed by atoms with Gasteiger partial charge in [-0.2, -0.15) is 0 Å². The largest absolute Gasteiger partial charge is 0.478 e. The molecule has 19 heavy (non-hydrogen) atoms. The van der Waals surface area contributed by atoms with Crippen LogP contribution in [0, 0.1) is 18.6 Å². The molecule has 0 spiro atoms. The van der Waals surface area contributed by atoms with Gasteiger partial charge in [0.15, 0.2) is 0 Å². The second-order valence-electron chi connectivity index (χ2n) is 4.05. The molecule has 2 aromatic rings. The molecule has 98 valence electrons. The summed E-state index contributed by atoms with van der Waals surface area (Å²) in [5.74, 6) is -2.60. The van der Waals surface area contributed by atoms with Crippen molar-refractivity contribution in [1.29, 1.82) is 0 Å². The normalized spacial score (nSPS) is 10.5. The molecule has 2 nitrogen and oxygen atoms in total. The fourth-order valence-electron chi connectivity index (χ4n) is 1.75. The molecule has 0 heterocycles. The zero-order valence-electron chi connectivity index (χ0n) is 9.88. The van der Waals surface area contributed by atoms with E-state index >= 15 is 0 Å². The van der Waals surface area contributed by atoms with Crippen LogP contribution in [0.25, 0.3) is 11.1 Å². The predicted octanol–water partition coefficient (Wildman–Crippen LogP) is 4.29. The van der Waals surface area contributed by atoms with E-state index in [9.17, 15) is 13.6 Å². The minimum absolute atomic E-state index is 0.0108. The lowest BCUT2D eigenvalue weighted by Crippen LogP contribution is -1.98. The molecule has 2 rings (SSSR count). The Morgan fingerprint density at radius 3 is 2.47 bits per heavy atom. The summed E-state index contributed by atoms with van der Waals surface area (Å²) >= 11 is 5.91. The molecule has 0 atom stereocenters. The Kier molecular flexibility index (Phi) is 3.53. The van der Waals surface area contributed by atoms with Gasteiger partial charge in [-0.25, -0.2) is 13.6 Å². The number of hydrogen-bond acceptors (Lipinski definition) is 1. The van der Waals surface area contributed by atoms with Crippen LogP contribution in [0.15, 0.2) is 30.3 Å². The van der Waals surface area contributed by atoms with Gasteiger partial charge in [0.1, 0.15) is 11.6 Å². The molecular formula is C14H9ClF2O2. The van der Waals surface area contributed by atoms with Gasteiger partial charge in [0.2, 0.25) is 0 Å². The van der Waals surface area contributed by atoms with Crippen LogP contribution in [0.5, 0.6) is 0 Å². The summed E-state index contributed by atoms with van der Waals surface area (Å²) in [7, 11) is 0. The maximum atomic E-state index is 14.0. The van der Waals surface area contributed by atoms with Gasteiger partial charge < -0.3 is 5.11 Å². The van der Waals surface area contributed by atoms with E-state index in [-0.39, 0.29) is 27.3 Å². The molecule has 0 fully saturated rings. The van der Waals surface area contributed by atoms with Crippen LogP contribution in [0.2, 0.25) is 5.02 Å². The van der Waals surface area contributed by atoms with Crippen LogP contribution in [-0.4, -0.2) is 11.1 Å². The number of carbonyl (C=O) groups is 1. The maximum Gasteiger partial charge on any atom is 0.335 e. The molecule has 0 aliphatic rings. The number of aryl methyl sites for hydroxylation is 1. The van der Waals surface area contributed by atoms with Crippen molar-refractivity contribution >= 4 is 17.6 Å². The van der Waals surface area contributed by atoms with Gasteiger partial charge in [-0.15, -0.1) is 0 Å². The highest BCUT2D eigenvalue weighted by atomic mass is 35.5. The average molecular weight is 283 g/mol. The smallest absolute Gasteiger partial charge is 0.335 e. The van der Waals surface area contributed by atoms with E-state index in [4.69, 9.17) is 16.7 Å². The molecule has 0 radical (unpaired) electrons. The third kappa shape index (κ3) is 2.44. The van der Waals surface area contributed by atoms with Crippen molar-refractivity contribution in [1.82, 2.24) is 0 Å². The number of rotatable bonds is 2. The van der Waals surface area contributed by atoms with Crippen LogP contribution in [-0.2, 0) is 0 Å². The molecule has 0 aliphatic carbocycles. The van der Waals surface area contributed by atoms with Gasteiger partial charge in [0.25, 0.3) is 0 Å². The number of carboxylic acids is 1. The first-order chi connectivity index (χ1) is 8.91. The summed E-state index contributed by atoms with van der Waals surface area (Å²) in [5, 5.41) is 8.81. The van der Waals surface area contributed by atoms with Crippen LogP contribution in [0.4, 0.5) is 8.78 Å². The van der Waals surface area contributed by atoms with E-state index in [1.54, 1.807) is 0 Å². The second kappa shape index (κ2) is 4.97. The van der Waals surface area contributed by atoms with Crippen molar-refractivity contribution in [3.63, 3.8) is 0 Å². The Balaban J connectivity index is 2.66. The molecule has 0 saturated heterocycles. The summed E-state index contributed by atoms with van der Waals surface area (Å²) in [5.41, 5.74) is 0.129. The van der Waals surface area contributed by atoms with Gasteiger partial charge in [-0.05, 0) is 30.7 Å². The summed E-state index contributed by atoms with van der Waals surface area (Å²) in [6.45, 7) is 1.51. The Morgan fingerprint density at radius 2 is 1.89 bits per heavy atom.